The Labute approximate surface area is 112 Å². The number of Topliss-reactive ketones (excluding diaryl/α,β-unsaturated/α-hetero) is 1. The van der Waals surface area contributed by atoms with E-state index in [9.17, 15) is 4.79 Å². The summed E-state index contributed by atoms with van der Waals surface area (Å²) in [7, 11) is 0. The zero-order chi connectivity index (χ0) is 12.3. The first kappa shape index (κ1) is 12.9. The summed E-state index contributed by atoms with van der Waals surface area (Å²) in [6.07, 6.45) is 5.75. The van der Waals surface area contributed by atoms with Gasteiger partial charge in [-0.2, -0.15) is 0 Å². The van der Waals surface area contributed by atoms with Gasteiger partial charge >= 0.3 is 0 Å². The van der Waals surface area contributed by atoms with Crippen LogP contribution in [0.15, 0.2) is 18.2 Å². The van der Waals surface area contributed by atoms with E-state index in [1.54, 1.807) is 0 Å². The van der Waals surface area contributed by atoms with Crippen LogP contribution in [-0.4, -0.2) is 5.78 Å². The molecule has 0 heterocycles. The molecule has 1 aliphatic carbocycles. The minimum Gasteiger partial charge on any atom is -0.299 e. The van der Waals surface area contributed by atoms with E-state index in [1.807, 2.05) is 18.2 Å². The Hall–Kier alpha value is -0.530. The fraction of sp³-hybridized carbons (Fsp3) is 0.500. The molecule has 0 unspecified atom stereocenters. The van der Waals surface area contributed by atoms with Gasteiger partial charge in [-0.15, -0.1) is 0 Å². The number of hydrogen-bond donors (Lipinski definition) is 0. The lowest BCUT2D eigenvalue weighted by molar-refractivity contribution is -0.122. The average molecular weight is 271 g/mol. The predicted octanol–water partition coefficient (Wildman–Crippen LogP) is 4.69. The third-order valence-corrected chi connectivity index (χ3v) is 4.20. The summed E-state index contributed by atoms with van der Waals surface area (Å²) < 4.78 is 0. The van der Waals surface area contributed by atoms with Gasteiger partial charge in [-0.3, -0.25) is 4.79 Å². The maximum Gasteiger partial charge on any atom is 0.136 e. The topological polar surface area (TPSA) is 17.1 Å². The first-order chi connectivity index (χ1) is 8.18. The molecule has 0 saturated heterocycles. The molecule has 1 fully saturated rings. The lowest BCUT2D eigenvalue weighted by Crippen LogP contribution is -2.11. The van der Waals surface area contributed by atoms with Crippen molar-refractivity contribution in [3.05, 3.63) is 33.8 Å². The lowest BCUT2D eigenvalue weighted by Gasteiger charge is -2.09. The van der Waals surface area contributed by atoms with Crippen molar-refractivity contribution < 1.29 is 4.79 Å². The number of rotatable bonds is 4. The zero-order valence-corrected chi connectivity index (χ0v) is 11.2. The second-order valence-electron chi connectivity index (χ2n) is 4.65. The molecule has 0 N–H and O–H groups in total. The quantitative estimate of drug-likeness (QED) is 0.776. The Balaban J connectivity index is 1.95. The number of carbonyl (C=O) groups is 1. The van der Waals surface area contributed by atoms with Gasteiger partial charge < -0.3 is 0 Å². The van der Waals surface area contributed by atoms with Gasteiger partial charge in [0.1, 0.15) is 5.78 Å². The van der Waals surface area contributed by atoms with Gasteiger partial charge in [-0.25, -0.2) is 0 Å². The zero-order valence-electron chi connectivity index (χ0n) is 9.72. The molecule has 0 aromatic heterocycles. The summed E-state index contributed by atoms with van der Waals surface area (Å²) in [6.45, 7) is 0. The largest absolute Gasteiger partial charge is 0.299 e. The number of carbonyl (C=O) groups excluding carboxylic acids is 1. The predicted molar refractivity (Wildman–Crippen MR) is 71.7 cm³/mol. The Morgan fingerprint density at radius 3 is 2.35 bits per heavy atom. The maximum atomic E-state index is 12.0. The molecule has 0 atom stereocenters. The van der Waals surface area contributed by atoms with Crippen LogP contribution in [0.3, 0.4) is 0 Å². The summed E-state index contributed by atoms with van der Waals surface area (Å²) in [5, 5.41) is 1.33. The third-order valence-electron chi connectivity index (χ3n) is 3.49. The van der Waals surface area contributed by atoms with E-state index in [4.69, 9.17) is 23.2 Å². The number of ketones is 1. The Morgan fingerprint density at radius 2 is 1.76 bits per heavy atom. The molecule has 1 nitrogen and oxygen atoms in total. The number of hydrogen-bond acceptors (Lipinski definition) is 1. The minimum absolute atomic E-state index is 0.288. The highest BCUT2D eigenvalue weighted by Crippen LogP contribution is 2.29. The second-order valence-corrected chi connectivity index (χ2v) is 5.46. The second kappa shape index (κ2) is 5.88. The van der Waals surface area contributed by atoms with Crippen molar-refractivity contribution in [3.8, 4) is 0 Å². The van der Waals surface area contributed by atoms with E-state index in [-0.39, 0.29) is 5.92 Å². The molecule has 0 radical (unpaired) electrons. The first-order valence-electron chi connectivity index (χ1n) is 6.14. The van der Waals surface area contributed by atoms with Gasteiger partial charge in [0.25, 0.3) is 0 Å². The van der Waals surface area contributed by atoms with E-state index in [0.29, 0.717) is 28.7 Å². The monoisotopic (exact) mass is 270 g/mol. The molecule has 1 saturated carbocycles. The van der Waals surface area contributed by atoms with Crippen LogP contribution in [0, 0.1) is 5.92 Å². The number of halogens is 2. The van der Waals surface area contributed by atoms with Crippen molar-refractivity contribution in [1.29, 1.82) is 0 Å². The van der Waals surface area contributed by atoms with Crippen LogP contribution in [0.25, 0.3) is 0 Å². The van der Waals surface area contributed by atoms with E-state index < -0.39 is 0 Å². The van der Waals surface area contributed by atoms with E-state index in [2.05, 4.69) is 0 Å². The normalized spacial score (nSPS) is 16.4. The highest BCUT2D eigenvalue weighted by atomic mass is 35.5. The minimum atomic E-state index is 0.288. The van der Waals surface area contributed by atoms with Gasteiger partial charge in [0.2, 0.25) is 0 Å². The van der Waals surface area contributed by atoms with Crippen LogP contribution in [0.5, 0.6) is 0 Å². The highest BCUT2D eigenvalue weighted by Gasteiger charge is 2.22. The molecule has 3 heteroatoms. The Kier molecular flexibility index (Phi) is 4.47. The molecule has 1 aliphatic rings. The van der Waals surface area contributed by atoms with Gasteiger partial charge in [0.05, 0.1) is 0 Å². The SMILES string of the molecule is O=C(CCc1c(Cl)cccc1Cl)C1CCCC1. The van der Waals surface area contributed by atoms with Crippen LogP contribution < -0.4 is 0 Å². The van der Waals surface area contributed by atoms with Gasteiger partial charge in [0.15, 0.2) is 0 Å². The molecular formula is C14H16Cl2O. The van der Waals surface area contributed by atoms with Crippen molar-refractivity contribution in [2.24, 2.45) is 5.92 Å². The van der Waals surface area contributed by atoms with Crippen LogP contribution in [0.1, 0.15) is 37.7 Å². The summed E-state index contributed by atoms with van der Waals surface area (Å²) in [5.41, 5.74) is 0.905. The summed E-state index contributed by atoms with van der Waals surface area (Å²) >= 11 is 12.2. The Morgan fingerprint density at radius 1 is 1.18 bits per heavy atom. The van der Waals surface area contributed by atoms with Crippen LogP contribution in [0.2, 0.25) is 10.0 Å². The van der Waals surface area contributed by atoms with Crippen LogP contribution >= 0.6 is 23.2 Å². The lowest BCUT2D eigenvalue weighted by atomic mass is 9.97. The van der Waals surface area contributed by atoms with Crippen LogP contribution in [-0.2, 0) is 11.2 Å². The highest BCUT2D eigenvalue weighted by molar-refractivity contribution is 6.36. The third kappa shape index (κ3) is 3.23. The van der Waals surface area contributed by atoms with E-state index in [1.165, 1.54) is 12.8 Å². The molecule has 1 aromatic carbocycles. The standard InChI is InChI=1S/C14H16Cl2O/c15-12-6-3-7-13(16)11(12)8-9-14(17)10-4-1-2-5-10/h3,6-7,10H,1-2,4-5,8-9H2. The smallest absolute Gasteiger partial charge is 0.136 e. The average Bonchev–Trinajstić information content (AvgIpc) is 2.81. The molecule has 0 spiro atoms. The van der Waals surface area contributed by atoms with Gasteiger partial charge in [-0.05, 0) is 37.0 Å². The van der Waals surface area contributed by atoms with Crippen molar-refractivity contribution in [3.63, 3.8) is 0 Å². The molecular weight excluding hydrogens is 255 g/mol. The molecule has 0 bridgehead atoms. The van der Waals surface area contributed by atoms with Crippen molar-refractivity contribution in [2.75, 3.05) is 0 Å². The molecule has 17 heavy (non-hydrogen) atoms. The Bertz CT molecular complexity index is 388. The molecule has 92 valence electrons. The summed E-state index contributed by atoms with van der Waals surface area (Å²) in [6, 6.07) is 5.47. The maximum absolute atomic E-state index is 12.0. The van der Waals surface area contributed by atoms with Gasteiger partial charge in [-0.1, -0.05) is 42.1 Å². The first-order valence-corrected chi connectivity index (χ1v) is 6.89. The van der Waals surface area contributed by atoms with Crippen LogP contribution in [0.4, 0.5) is 0 Å². The van der Waals surface area contributed by atoms with Crippen molar-refractivity contribution in [1.82, 2.24) is 0 Å². The number of benzene rings is 1. The van der Waals surface area contributed by atoms with Crippen molar-refractivity contribution in [2.45, 2.75) is 38.5 Å². The van der Waals surface area contributed by atoms with Gasteiger partial charge in [0, 0.05) is 22.4 Å². The summed E-state index contributed by atoms with van der Waals surface area (Å²) in [4.78, 5) is 12.0. The van der Waals surface area contributed by atoms with E-state index >= 15 is 0 Å². The van der Waals surface area contributed by atoms with E-state index in [0.717, 1.165) is 18.4 Å². The fourth-order valence-electron chi connectivity index (χ4n) is 2.47. The fourth-order valence-corrected chi connectivity index (χ4v) is 3.06. The molecule has 0 aliphatic heterocycles. The molecule has 1 aromatic rings. The van der Waals surface area contributed by atoms with Crippen molar-refractivity contribution >= 4 is 29.0 Å². The summed E-state index contributed by atoms with van der Waals surface area (Å²) in [5.74, 6) is 0.662. The molecule has 0 amide bonds. The molecule has 2 rings (SSSR count).